The van der Waals surface area contributed by atoms with E-state index in [2.05, 4.69) is 25.5 Å². The number of anilines is 1. The van der Waals surface area contributed by atoms with Crippen molar-refractivity contribution in [3.05, 3.63) is 36.2 Å². The van der Waals surface area contributed by atoms with Gasteiger partial charge in [0.15, 0.2) is 32.0 Å². The summed E-state index contributed by atoms with van der Waals surface area (Å²) in [7, 11) is -4.07. The fourth-order valence-corrected chi connectivity index (χ4v) is 4.03. The van der Waals surface area contributed by atoms with Crippen LogP contribution in [0.3, 0.4) is 0 Å². The third-order valence-corrected chi connectivity index (χ3v) is 6.54. The van der Waals surface area contributed by atoms with Gasteiger partial charge in [0.05, 0.1) is 11.3 Å². The number of aromatic nitrogens is 6. The van der Waals surface area contributed by atoms with Gasteiger partial charge in [0.1, 0.15) is 17.4 Å². The molecular formula is C18H15F6N7O2S. The molecule has 4 aromatic heterocycles. The van der Waals surface area contributed by atoms with Crippen LogP contribution in [0, 0.1) is 0 Å². The molecule has 0 aliphatic rings. The van der Waals surface area contributed by atoms with Gasteiger partial charge >= 0.3 is 12.4 Å². The molecule has 0 aromatic carbocycles. The monoisotopic (exact) mass is 507 g/mol. The summed E-state index contributed by atoms with van der Waals surface area (Å²) in [5, 5.41) is 9.65. The molecule has 0 fully saturated rings. The van der Waals surface area contributed by atoms with Gasteiger partial charge in [0.25, 0.3) is 0 Å². The van der Waals surface area contributed by atoms with Gasteiger partial charge in [-0.3, -0.25) is 0 Å². The number of pyridine rings is 1. The summed E-state index contributed by atoms with van der Waals surface area (Å²) in [4.78, 5) is 8.04. The smallest absolute Gasteiger partial charge is 0.359 e. The van der Waals surface area contributed by atoms with Crippen LogP contribution in [0.1, 0.15) is 19.4 Å². The molecule has 1 N–H and O–H groups in total. The van der Waals surface area contributed by atoms with Crippen molar-refractivity contribution in [2.24, 2.45) is 0 Å². The minimum atomic E-state index is -4.65. The molecule has 0 aliphatic heterocycles. The number of hydrogen-bond donors (Lipinski definition) is 1. The molecule has 0 bridgehead atoms. The fraction of sp³-hybridized carbons (Fsp3) is 0.333. The molecule has 182 valence electrons. The first kappa shape index (κ1) is 23.7. The zero-order chi connectivity index (χ0) is 25.1. The topological polar surface area (TPSA) is 107 Å². The Labute approximate surface area is 187 Å². The molecule has 16 heteroatoms. The highest BCUT2D eigenvalue weighted by Crippen LogP contribution is 2.33. The van der Waals surface area contributed by atoms with E-state index in [1.165, 1.54) is 13.0 Å². The van der Waals surface area contributed by atoms with Crippen molar-refractivity contribution in [1.29, 1.82) is 0 Å². The zero-order valence-corrected chi connectivity index (χ0v) is 18.2. The van der Waals surface area contributed by atoms with Crippen LogP contribution >= 0.6 is 0 Å². The molecular weight excluding hydrogens is 492 g/mol. The number of nitrogens with zero attached hydrogens (tertiary/aromatic N) is 6. The van der Waals surface area contributed by atoms with Crippen LogP contribution in [0.2, 0.25) is 0 Å². The Balaban J connectivity index is 1.96. The highest BCUT2D eigenvalue weighted by molar-refractivity contribution is 7.91. The van der Waals surface area contributed by atoms with Crippen LogP contribution in [-0.2, 0) is 16.0 Å². The molecule has 0 spiro atoms. The van der Waals surface area contributed by atoms with Gasteiger partial charge in [0, 0.05) is 12.4 Å². The molecule has 1 unspecified atom stereocenters. The van der Waals surface area contributed by atoms with Crippen LogP contribution in [0.4, 0.5) is 32.2 Å². The van der Waals surface area contributed by atoms with Gasteiger partial charge in [-0.2, -0.15) is 36.0 Å². The molecule has 0 radical (unpaired) electrons. The predicted octanol–water partition coefficient (Wildman–Crippen LogP) is 3.61. The molecule has 4 rings (SSSR count). The molecule has 0 saturated heterocycles. The summed E-state index contributed by atoms with van der Waals surface area (Å²) < 4.78 is 106. The van der Waals surface area contributed by atoms with Crippen molar-refractivity contribution in [2.75, 3.05) is 11.1 Å². The van der Waals surface area contributed by atoms with Gasteiger partial charge in [-0.1, -0.05) is 6.92 Å². The Bertz CT molecular complexity index is 1490. The van der Waals surface area contributed by atoms with Gasteiger partial charge < -0.3 is 5.32 Å². The summed E-state index contributed by atoms with van der Waals surface area (Å²) in [6.45, 7) is 2.19. The van der Waals surface area contributed by atoms with E-state index < -0.39 is 44.6 Å². The van der Waals surface area contributed by atoms with Gasteiger partial charge in [0.2, 0.25) is 0 Å². The maximum Gasteiger partial charge on any atom is 0.416 e. The van der Waals surface area contributed by atoms with Gasteiger partial charge in [-0.15, -0.1) is 5.10 Å². The van der Waals surface area contributed by atoms with Crippen molar-refractivity contribution in [1.82, 2.24) is 29.2 Å². The lowest BCUT2D eigenvalue weighted by Gasteiger charge is -2.18. The predicted molar refractivity (Wildman–Crippen MR) is 107 cm³/mol. The summed E-state index contributed by atoms with van der Waals surface area (Å²) in [6.07, 6.45) is -7.12. The Morgan fingerprint density at radius 2 is 1.82 bits per heavy atom. The number of sulfone groups is 1. The van der Waals surface area contributed by atoms with Crippen molar-refractivity contribution in [3.63, 3.8) is 0 Å². The molecule has 9 nitrogen and oxygen atoms in total. The van der Waals surface area contributed by atoms with E-state index in [4.69, 9.17) is 0 Å². The second-order valence-corrected chi connectivity index (χ2v) is 9.40. The highest BCUT2D eigenvalue weighted by Gasteiger charge is 2.37. The third-order valence-electron chi connectivity index (χ3n) is 4.90. The fourth-order valence-electron chi connectivity index (χ4n) is 3.05. The molecule has 34 heavy (non-hydrogen) atoms. The van der Waals surface area contributed by atoms with E-state index in [0.717, 1.165) is 40.5 Å². The summed E-state index contributed by atoms with van der Waals surface area (Å²) in [5.74, 6) is -0.941. The van der Waals surface area contributed by atoms with E-state index in [1.54, 1.807) is 0 Å². The number of alkyl halides is 6. The average molecular weight is 507 g/mol. The molecule has 0 amide bonds. The Morgan fingerprint density at radius 1 is 1.12 bits per heavy atom. The van der Waals surface area contributed by atoms with Crippen molar-refractivity contribution < 1.29 is 34.8 Å². The van der Waals surface area contributed by atoms with Crippen LogP contribution in [0.5, 0.6) is 0 Å². The van der Waals surface area contributed by atoms with E-state index >= 15 is 0 Å². The van der Waals surface area contributed by atoms with Crippen LogP contribution in [0.15, 0.2) is 35.6 Å². The maximum atomic E-state index is 13.1. The second-order valence-electron chi connectivity index (χ2n) is 7.21. The molecule has 0 saturated carbocycles. The molecule has 0 aliphatic carbocycles. The van der Waals surface area contributed by atoms with E-state index in [9.17, 15) is 34.8 Å². The first-order valence-electron chi connectivity index (χ1n) is 9.60. The number of fused-ring (bicyclic) bond motifs is 2. The minimum absolute atomic E-state index is 0.196. The molecule has 4 aromatic rings. The first-order valence-corrected chi connectivity index (χ1v) is 11.3. The van der Waals surface area contributed by atoms with Crippen molar-refractivity contribution in [3.8, 4) is 11.4 Å². The van der Waals surface area contributed by atoms with Crippen LogP contribution in [0.25, 0.3) is 22.7 Å². The second kappa shape index (κ2) is 7.82. The minimum Gasteiger partial charge on any atom is -0.359 e. The summed E-state index contributed by atoms with van der Waals surface area (Å²) >= 11 is 0. The van der Waals surface area contributed by atoms with Crippen molar-refractivity contribution in [2.45, 2.75) is 37.3 Å². The van der Waals surface area contributed by atoms with Crippen LogP contribution in [-0.4, -0.2) is 55.6 Å². The standard InChI is InChI=1S/C18H15F6N7O2S/c1-3-34(32,33)16-13(14-27-12-8-10(18(22,23)24)5-7-30(12)28-14)15-25-6-4-11(31(15)29-16)26-9(2)17(19,20)21/h4-9,26H,3H2,1-2H3. The largest absolute Gasteiger partial charge is 0.416 e. The first-order chi connectivity index (χ1) is 15.7. The maximum absolute atomic E-state index is 13.1. The zero-order valence-electron chi connectivity index (χ0n) is 17.3. The lowest BCUT2D eigenvalue weighted by atomic mass is 10.2. The number of nitrogens with one attached hydrogen (secondary N) is 1. The van der Waals surface area contributed by atoms with E-state index in [1.807, 2.05) is 0 Å². The molecule has 4 heterocycles. The highest BCUT2D eigenvalue weighted by atomic mass is 32.2. The normalized spacial score (nSPS) is 14.1. The van der Waals surface area contributed by atoms with E-state index in [0.29, 0.717) is 0 Å². The van der Waals surface area contributed by atoms with Crippen LogP contribution < -0.4 is 5.32 Å². The van der Waals surface area contributed by atoms with Crippen molar-refractivity contribution >= 4 is 26.9 Å². The number of halogens is 6. The van der Waals surface area contributed by atoms with Gasteiger partial charge in [-0.25, -0.2) is 22.9 Å². The lowest BCUT2D eigenvalue weighted by molar-refractivity contribution is -0.139. The average Bonchev–Trinajstić information content (AvgIpc) is 3.33. The number of rotatable bonds is 5. The van der Waals surface area contributed by atoms with Gasteiger partial charge in [-0.05, 0) is 25.1 Å². The summed E-state index contributed by atoms with van der Waals surface area (Å²) in [5.41, 5.74) is -1.67. The molecule has 1 atom stereocenters. The quantitative estimate of drug-likeness (QED) is 0.412. The SMILES string of the molecule is CCS(=O)(=O)c1nn2c(NC(C)C(F)(F)F)ccnc2c1-c1nc2cc(C(F)(F)F)ccn2n1. The number of hydrogen-bond acceptors (Lipinski definition) is 7. The lowest BCUT2D eigenvalue weighted by Crippen LogP contribution is -2.33. The van der Waals surface area contributed by atoms with E-state index in [-0.39, 0.29) is 28.5 Å². The Kier molecular flexibility index (Phi) is 5.45. The third kappa shape index (κ3) is 4.12. The Hall–Kier alpha value is -3.43. The Morgan fingerprint density at radius 3 is 2.44 bits per heavy atom. The summed E-state index contributed by atoms with van der Waals surface area (Å²) in [6, 6.07) is 0.651.